The van der Waals surface area contributed by atoms with E-state index in [1.54, 1.807) is 18.4 Å². The van der Waals surface area contributed by atoms with Crippen LogP contribution in [0.15, 0.2) is 36.7 Å². The quantitative estimate of drug-likeness (QED) is 0.828. The first-order valence-corrected chi connectivity index (χ1v) is 10.0. The first-order chi connectivity index (χ1) is 12.7. The number of aryl methyl sites for hydroxylation is 1. The molecular formula is C20H25N3O2S. The molecule has 2 saturated heterocycles. The minimum Gasteiger partial charge on any atom is -0.378 e. The van der Waals surface area contributed by atoms with Crippen molar-refractivity contribution >= 4 is 17.2 Å². The highest BCUT2D eigenvalue weighted by atomic mass is 32.1. The van der Waals surface area contributed by atoms with Crippen molar-refractivity contribution in [1.82, 2.24) is 14.8 Å². The van der Waals surface area contributed by atoms with E-state index in [9.17, 15) is 4.79 Å². The lowest BCUT2D eigenvalue weighted by Crippen LogP contribution is -2.60. The molecule has 0 unspecified atom stereocenters. The fourth-order valence-electron chi connectivity index (χ4n) is 4.15. The van der Waals surface area contributed by atoms with Crippen LogP contribution in [0, 0.1) is 6.92 Å². The smallest absolute Gasteiger partial charge is 0.263 e. The van der Waals surface area contributed by atoms with E-state index in [-0.39, 0.29) is 12.0 Å². The van der Waals surface area contributed by atoms with Crippen molar-refractivity contribution in [3.8, 4) is 0 Å². The van der Waals surface area contributed by atoms with Gasteiger partial charge in [0.25, 0.3) is 5.91 Å². The molecule has 2 aromatic heterocycles. The van der Waals surface area contributed by atoms with Crippen LogP contribution in [0.1, 0.15) is 39.0 Å². The number of piperidine rings is 1. The molecule has 0 radical (unpaired) electrons. The monoisotopic (exact) mass is 371 g/mol. The van der Waals surface area contributed by atoms with E-state index in [1.165, 1.54) is 10.4 Å². The number of likely N-dealkylation sites (tertiary alicyclic amines) is 2. The van der Waals surface area contributed by atoms with E-state index in [2.05, 4.69) is 22.0 Å². The molecule has 2 aliphatic rings. The number of rotatable bonds is 4. The third kappa shape index (κ3) is 3.29. The number of thiophene rings is 1. The highest BCUT2D eigenvalue weighted by Crippen LogP contribution is 2.39. The van der Waals surface area contributed by atoms with E-state index in [1.807, 2.05) is 36.4 Å². The molecular weight excluding hydrogens is 346 g/mol. The fraction of sp³-hybridized carbons (Fsp3) is 0.500. The first kappa shape index (κ1) is 17.6. The summed E-state index contributed by atoms with van der Waals surface area (Å²) in [6.07, 6.45) is 5.99. The fourth-order valence-corrected chi connectivity index (χ4v) is 4.98. The molecule has 2 aliphatic heterocycles. The standard InChI is InChI=1S/C20H25N3O2S/c1-14-3-4-18(26-14)20(24)22-11-7-16(8-12-22)23-13-17(25-2)19(23)15-5-9-21-10-6-15/h3-6,9-10,16-17,19H,7-8,11-13H2,1-2H3/t17-,19-/m0/s1. The van der Waals surface area contributed by atoms with Gasteiger partial charge < -0.3 is 9.64 Å². The van der Waals surface area contributed by atoms with E-state index in [0.717, 1.165) is 37.4 Å². The molecule has 0 spiro atoms. The molecule has 138 valence electrons. The Kier molecular flexibility index (Phi) is 5.07. The molecule has 5 nitrogen and oxygen atoms in total. The third-order valence-corrected chi connectivity index (χ3v) is 6.61. The van der Waals surface area contributed by atoms with Gasteiger partial charge in [-0.3, -0.25) is 14.7 Å². The number of hydrogen-bond acceptors (Lipinski definition) is 5. The van der Waals surface area contributed by atoms with Crippen molar-refractivity contribution in [2.75, 3.05) is 26.7 Å². The lowest BCUT2D eigenvalue weighted by molar-refractivity contribution is -0.115. The van der Waals surface area contributed by atoms with Gasteiger partial charge in [0.05, 0.1) is 17.0 Å². The van der Waals surface area contributed by atoms with Gasteiger partial charge in [-0.15, -0.1) is 11.3 Å². The van der Waals surface area contributed by atoms with Gasteiger partial charge >= 0.3 is 0 Å². The Morgan fingerprint density at radius 2 is 1.92 bits per heavy atom. The molecule has 1 amide bonds. The molecule has 0 aromatic carbocycles. The Labute approximate surface area is 158 Å². The van der Waals surface area contributed by atoms with Gasteiger partial charge in [0.15, 0.2) is 0 Å². The normalized spacial score (nSPS) is 24.5. The number of carbonyl (C=O) groups is 1. The predicted molar refractivity (Wildman–Crippen MR) is 102 cm³/mol. The van der Waals surface area contributed by atoms with Crippen LogP contribution in [-0.2, 0) is 4.74 Å². The Balaban J connectivity index is 1.39. The van der Waals surface area contributed by atoms with Crippen molar-refractivity contribution in [1.29, 1.82) is 0 Å². The van der Waals surface area contributed by atoms with Crippen LogP contribution in [0.3, 0.4) is 0 Å². The van der Waals surface area contributed by atoms with Crippen molar-refractivity contribution in [3.63, 3.8) is 0 Å². The summed E-state index contributed by atoms with van der Waals surface area (Å²) in [6, 6.07) is 8.95. The number of carbonyl (C=O) groups excluding carboxylic acids is 1. The second kappa shape index (κ2) is 7.47. The van der Waals surface area contributed by atoms with Crippen molar-refractivity contribution < 1.29 is 9.53 Å². The third-order valence-electron chi connectivity index (χ3n) is 5.62. The van der Waals surface area contributed by atoms with Crippen LogP contribution in [0.5, 0.6) is 0 Å². The molecule has 0 aliphatic carbocycles. The molecule has 4 heterocycles. The summed E-state index contributed by atoms with van der Waals surface area (Å²) in [5, 5.41) is 0. The van der Waals surface area contributed by atoms with Gasteiger partial charge in [0, 0.05) is 50.1 Å². The summed E-state index contributed by atoms with van der Waals surface area (Å²) >= 11 is 1.59. The van der Waals surface area contributed by atoms with Crippen LogP contribution in [0.4, 0.5) is 0 Å². The number of aromatic nitrogens is 1. The zero-order valence-corrected chi connectivity index (χ0v) is 16.1. The first-order valence-electron chi connectivity index (χ1n) is 9.21. The minimum atomic E-state index is 0.186. The van der Waals surface area contributed by atoms with Crippen molar-refractivity contribution in [2.24, 2.45) is 0 Å². The Bertz CT molecular complexity index is 755. The zero-order chi connectivity index (χ0) is 18.1. The highest BCUT2D eigenvalue weighted by molar-refractivity contribution is 7.13. The van der Waals surface area contributed by atoms with Crippen LogP contribution >= 0.6 is 11.3 Å². The lowest BCUT2D eigenvalue weighted by atomic mass is 9.87. The van der Waals surface area contributed by atoms with Gasteiger partial charge in [0.1, 0.15) is 0 Å². The molecule has 2 fully saturated rings. The maximum atomic E-state index is 12.7. The van der Waals surface area contributed by atoms with Gasteiger partial charge in [-0.1, -0.05) is 0 Å². The Morgan fingerprint density at radius 3 is 2.54 bits per heavy atom. The maximum Gasteiger partial charge on any atom is 0.263 e. The highest BCUT2D eigenvalue weighted by Gasteiger charge is 2.44. The molecule has 0 bridgehead atoms. The molecule has 0 saturated carbocycles. The van der Waals surface area contributed by atoms with Gasteiger partial charge in [-0.25, -0.2) is 0 Å². The van der Waals surface area contributed by atoms with Crippen LogP contribution in [-0.4, -0.2) is 59.6 Å². The van der Waals surface area contributed by atoms with E-state index in [0.29, 0.717) is 12.1 Å². The van der Waals surface area contributed by atoms with E-state index >= 15 is 0 Å². The summed E-state index contributed by atoms with van der Waals surface area (Å²) < 4.78 is 5.67. The van der Waals surface area contributed by atoms with Gasteiger partial charge in [-0.2, -0.15) is 0 Å². The average molecular weight is 372 g/mol. The second-order valence-electron chi connectivity index (χ2n) is 7.13. The largest absolute Gasteiger partial charge is 0.378 e. The SMILES string of the molecule is CO[C@H]1CN(C2CCN(C(=O)c3ccc(C)s3)CC2)[C@H]1c1ccncc1. The summed E-state index contributed by atoms with van der Waals surface area (Å²) in [4.78, 5) is 23.4. The summed E-state index contributed by atoms with van der Waals surface area (Å²) in [5.41, 5.74) is 1.27. The van der Waals surface area contributed by atoms with E-state index in [4.69, 9.17) is 4.74 Å². The summed E-state index contributed by atoms with van der Waals surface area (Å²) in [7, 11) is 1.79. The zero-order valence-electron chi connectivity index (χ0n) is 15.3. The second-order valence-corrected chi connectivity index (χ2v) is 8.42. The molecule has 6 heteroatoms. The van der Waals surface area contributed by atoms with Crippen LogP contribution < -0.4 is 0 Å². The van der Waals surface area contributed by atoms with Gasteiger partial charge in [0.2, 0.25) is 0 Å². The maximum absolute atomic E-state index is 12.7. The van der Waals surface area contributed by atoms with Crippen LogP contribution in [0.25, 0.3) is 0 Å². The van der Waals surface area contributed by atoms with Crippen molar-refractivity contribution in [2.45, 2.75) is 38.0 Å². The van der Waals surface area contributed by atoms with Crippen LogP contribution in [0.2, 0.25) is 0 Å². The predicted octanol–water partition coefficient (Wildman–Crippen LogP) is 3.13. The number of ether oxygens (including phenoxy) is 1. The molecule has 0 N–H and O–H groups in total. The number of hydrogen-bond donors (Lipinski definition) is 0. The molecule has 2 atom stereocenters. The Hall–Kier alpha value is -1.76. The average Bonchev–Trinajstić information content (AvgIpc) is 3.08. The minimum absolute atomic E-state index is 0.186. The Morgan fingerprint density at radius 1 is 1.19 bits per heavy atom. The van der Waals surface area contributed by atoms with Crippen molar-refractivity contribution in [3.05, 3.63) is 52.0 Å². The molecule has 4 rings (SSSR count). The lowest BCUT2D eigenvalue weighted by Gasteiger charge is -2.53. The molecule has 26 heavy (non-hydrogen) atoms. The van der Waals surface area contributed by atoms with E-state index < -0.39 is 0 Å². The number of amides is 1. The molecule has 2 aromatic rings. The number of nitrogens with zero attached hydrogens (tertiary/aromatic N) is 3. The number of pyridine rings is 1. The summed E-state index contributed by atoms with van der Waals surface area (Å²) in [6.45, 7) is 4.67. The number of methoxy groups -OCH3 is 1. The van der Waals surface area contributed by atoms with Gasteiger partial charge in [-0.05, 0) is 49.6 Å². The summed E-state index contributed by atoms with van der Waals surface area (Å²) in [5.74, 6) is 0.186. The topological polar surface area (TPSA) is 45.7 Å².